The van der Waals surface area contributed by atoms with Crippen molar-refractivity contribution in [2.45, 2.75) is 6.42 Å². The van der Waals surface area contributed by atoms with Gasteiger partial charge in [-0.15, -0.1) is 0 Å². The Hall–Kier alpha value is -0.760. The zero-order valence-electron chi connectivity index (χ0n) is 6.59. The molecule has 1 aliphatic heterocycles. The van der Waals surface area contributed by atoms with E-state index in [1.807, 2.05) is 18.2 Å². The summed E-state index contributed by atoms with van der Waals surface area (Å²) >= 11 is 3.52. The van der Waals surface area contributed by atoms with Crippen molar-refractivity contribution in [1.82, 2.24) is 0 Å². The molecule has 1 aliphatic rings. The first kappa shape index (κ1) is 7.87. The van der Waals surface area contributed by atoms with Crippen LogP contribution in [-0.2, 0) is 0 Å². The Morgan fingerprint density at radius 1 is 1.25 bits per heavy atom. The molecule has 0 N–H and O–H groups in total. The third kappa shape index (κ3) is 1.39. The van der Waals surface area contributed by atoms with Gasteiger partial charge in [0, 0.05) is 16.5 Å². The lowest BCUT2D eigenvalue weighted by molar-refractivity contribution is 0.326. The minimum Gasteiger partial charge on any atom is -0.493 e. The predicted octanol–water partition coefficient (Wildman–Crippen LogP) is 3.20. The van der Waals surface area contributed by atoms with E-state index >= 15 is 0 Å². The molecule has 0 aromatic heterocycles. The second-order valence-corrected chi connectivity index (χ2v) is 3.54. The predicted molar refractivity (Wildman–Crippen MR) is 53.5 cm³/mol. The van der Waals surface area contributed by atoms with Gasteiger partial charge in [-0.2, -0.15) is 0 Å². The Bertz CT molecular complexity index is 317. The summed E-state index contributed by atoms with van der Waals surface area (Å²) in [5.41, 5.74) is 1.15. The molecule has 0 fully saturated rings. The highest BCUT2D eigenvalue weighted by Gasteiger charge is 2.08. The highest BCUT2D eigenvalue weighted by Crippen LogP contribution is 2.32. The van der Waals surface area contributed by atoms with Crippen LogP contribution < -0.4 is 4.74 Å². The highest BCUT2D eigenvalue weighted by molar-refractivity contribution is 9.15. The molecule has 0 unspecified atom stereocenters. The van der Waals surface area contributed by atoms with E-state index in [0.717, 1.165) is 28.8 Å². The molecule has 0 spiro atoms. The summed E-state index contributed by atoms with van der Waals surface area (Å²) in [7, 11) is 0. The molecule has 0 bridgehead atoms. The maximum absolute atomic E-state index is 5.54. The van der Waals surface area contributed by atoms with E-state index in [2.05, 4.69) is 28.1 Å². The molecule has 0 atom stereocenters. The number of ether oxygens (including phenoxy) is 1. The molecular formula is C10H9BrO. The van der Waals surface area contributed by atoms with Crippen molar-refractivity contribution in [1.29, 1.82) is 0 Å². The molecule has 62 valence electrons. The van der Waals surface area contributed by atoms with Gasteiger partial charge in [0.1, 0.15) is 5.75 Å². The number of hydrogen-bond acceptors (Lipinski definition) is 1. The molecule has 0 saturated heterocycles. The van der Waals surface area contributed by atoms with Crippen molar-refractivity contribution in [2.24, 2.45) is 0 Å². The fourth-order valence-electron chi connectivity index (χ4n) is 1.25. The first-order chi connectivity index (χ1) is 5.88. The largest absolute Gasteiger partial charge is 0.493 e. The number of hydrogen-bond donors (Lipinski definition) is 0. The topological polar surface area (TPSA) is 9.23 Å². The molecule has 0 saturated carbocycles. The lowest BCUT2D eigenvalue weighted by atomic mass is 10.2. The Morgan fingerprint density at radius 2 is 2.08 bits per heavy atom. The third-order valence-corrected chi connectivity index (χ3v) is 2.59. The van der Waals surface area contributed by atoms with Gasteiger partial charge in [-0.3, -0.25) is 0 Å². The van der Waals surface area contributed by atoms with Gasteiger partial charge in [0.2, 0.25) is 0 Å². The highest BCUT2D eigenvalue weighted by atomic mass is 79.9. The number of benzene rings is 1. The Labute approximate surface area is 80.2 Å². The van der Waals surface area contributed by atoms with Gasteiger partial charge in [0.05, 0.1) is 6.61 Å². The van der Waals surface area contributed by atoms with Crippen LogP contribution in [0.2, 0.25) is 0 Å². The van der Waals surface area contributed by atoms with E-state index in [0.29, 0.717) is 0 Å². The molecule has 12 heavy (non-hydrogen) atoms. The Morgan fingerprint density at radius 3 is 3.00 bits per heavy atom. The summed E-state index contributed by atoms with van der Waals surface area (Å²) < 4.78 is 6.67. The van der Waals surface area contributed by atoms with Crippen LogP contribution in [0.15, 0.2) is 30.3 Å². The molecule has 2 heteroatoms. The van der Waals surface area contributed by atoms with E-state index in [4.69, 9.17) is 4.74 Å². The summed E-state index contributed by atoms with van der Waals surface area (Å²) in [6, 6.07) is 8.06. The second kappa shape index (κ2) is 3.31. The molecule has 0 amide bonds. The summed E-state index contributed by atoms with van der Waals surface area (Å²) in [5.74, 6) is 0.970. The summed E-state index contributed by atoms with van der Waals surface area (Å²) in [4.78, 5) is 0. The summed E-state index contributed by atoms with van der Waals surface area (Å²) in [6.45, 7) is 0.770. The van der Waals surface area contributed by atoms with Crippen LogP contribution in [0.25, 0.3) is 4.48 Å². The van der Waals surface area contributed by atoms with Crippen LogP contribution in [0, 0.1) is 0 Å². The standard InChI is InChI=1S/C10H9BrO/c11-9-5-3-7-12-10-6-2-1-4-8(9)10/h1-2,4-6H,3,7H2. The number of fused-ring (bicyclic) bond motifs is 1. The van der Waals surface area contributed by atoms with Gasteiger partial charge < -0.3 is 4.74 Å². The molecule has 1 aromatic carbocycles. The van der Waals surface area contributed by atoms with E-state index in [9.17, 15) is 0 Å². The fraction of sp³-hybridized carbons (Fsp3) is 0.200. The zero-order valence-corrected chi connectivity index (χ0v) is 8.17. The zero-order chi connectivity index (χ0) is 8.39. The molecule has 0 aliphatic carbocycles. The van der Waals surface area contributed by atoms with Crippen LogP contribution in [0.1, 0.15) is 12.0 Å². The Kier molecular flexibility index (Phi) is 2.17. The van der Waals surface area contributed by atoms with Gasteiger partial charge in [0.25, 0.3) is 0 Å². The lowest BCUT2D eigenvalue weighted by Gasteiger charge is -2.05. The van der Waals surface area contributed by atoms with Crippen LogP contribution in [0.3, 0.4) is 0 Å². The molecular weight excluding hydrogens is 216 g/mol. The first-order valence-corrected chi connectivity index (χ1v) is 4.75. The van der Waals surface area contributed by atoms with Gasteiger partial charge in [-0.1, -0.05) is 40.2 Å². The summed E-state index contributed by atoms with van der Waals surface area (Å²) in [5, 5.41) is 0. The number of rotatable bonds is 0. The number of halogens is 1. The average Bonchev–Trinajstić information content (AvgIpc) is 2.29. The molecule has 0 radical (unpaired) electrons. The van der Waals surface area contributed by atoms with Crippen molar-refractivity contribution in [2.75, 3.05) is 6.61 Å². The second-order valence-electron chi connectivity index (χ2n) is 2.69. The van der Waals surface area contributed by atoms with Crippen LogP contribution in [-0.4, -0.2) is 6.61 Å². The fourth-order valence-corrected chi connectivity index (χ4v) is 1.81. The quantitative estimate of drug-likeness (QED) is 0.658. The van der Waals surface area contributed by atoms with Crippen LogP contribution in [0.5, 0.6) is 5.75 Å². The minimum absolute atomic E-state index is 0.770. The SMILES string of the molecule is BrC1=CCCOc2ccccc21. The van der Waals surface area contributed by atoms with Gasteiger partial charge >= 0.3 is 0 Å². The number of para-hydroxylation sites is 1. The molecule has 1 aromatic rings. The van der Waals surface area contributed by atoms with Gasteiger partial charge in [-0.25, -0.2) is 0 Å². The maximum atomic E-state index is 5.54. The van der Waals surface area contributed by atoms with Crippen molar-refractivity contribution in [3.8, 4) is 5.75 Å². The minimum atomic E-state index is 0.770. The van der Waals surface area contributed by atoms with E-state index in [1.54, 1.807) is 0 Å². The van der Waals surface area contributed by atoms with Gasteiger partial charge in [-0.05, 0) is 6.07 Å². The van der Waals surface area contributed by atoms with E-state index in [-0.39, 0.29) is 0 Å². The smallest absolute Gasteiger partial charge is 0.127 e. The van der Waals surface area contributed by atoms with E-state index in [1.165, 1.54) is 0 Å². The van der Waals surface area contributed by atoms with Crippen molar-refractivity contribution in [3.63, 3.8) is 0 Å². The van der Waals surface area contributed by atoms with Gasteiger partial charge in [0.15, 0.2) is 0 Å². The van der Waals surface area contributed by atoms with Crippen molar-refractivity contribution in [3.05, 3.63) is 35.9 Å². The van der Waals surface area contributed by atoms with Crippen molar-refractivity contribution >= 4 is 20.4 Å². The molecule has 1 nitrogen and oxygen atoms in total. The normalized spacial score (nSPS) is 15.6. The summed E-state index contributed by atoms with van der Waals surface area (Å²) in [6.07, 6.45) is 3.11. The third-order valence-electron chi connectivity index (χ3n) is 1.84. The van der Waals surface area contributed by atoms with Crippen molar-refractivity contribution < 1.29 is 4.74 Å². The van der Waals surface area contributed by atoms with Crippen LogP contribution in [0.4, 0.5) is 0 Å². The molecule has 2 rings (SSSR count). The monoisotopic (exact) mass is 224 g/mol. The van der Waals surface area contributed by atoms with Crippen LogP contribution >= 0.6 is 15.9 Å². The average molecular weight is 225 g/mol. The van der Waals surface area contributed by atoms with E-state index < -0.39 is 0 Å². The molecule has 1 heterocycles. The maximum Gasteiger partial charge on any atom is 0.127 e. The lowest BCUT2D eigenvalue weighted by Crippen LogP contribution is -1.94. The Balaban J connectivity index is 2.51. The first-order valence-electron chi connectivity index (χ1n) is 3.96.